The fourth-order valence-electron chi connectivity index (χ4n) is 4.90. The molecule has 38 heavy (non-hydrogen) atoms. The van der Waals surface area contributed by atoms with Gasteiger partial charge in [-0.3, -0.25) is 14.5 Å². The molecule has 2 aliphatic rings. The van der Waals surface area contributed by atoms with Crippen molar-refractivity contribution in [2.75, 3.05) is 40.0 Å². The lowest BCUT2D eigenvalue weighted by atomic mass is 10.00. The van der Waals surface area contributed by atoms with Gasteiger partial charge in [0.15, 0.2) is 17.3 Å². The summed E-state index contributed by atoms with van der Waals surface area (Å²) in [5.74, 6) is 1.87. The summed E-state index contributed by atoms with van der Waals surface area (Å²) in [7, 11) is 1.59. The Morgan fingerprint density at radius 1 is 1.05 bits per heavy atom. The number of fused-ring (bicyclic) bond motifs is 1. The molecule has 1 fully saturated rings. The van der Waals surface area contributed by atoms with Crippen molar-refractivity contribution in [1.82, 2.24) is 10.2 Å². The molecule has 0 spiro atoms. The highest BCUT2D eigenvalue weighted by molar-refractivity contribution is 5.96. The first-order valence-corrected chi connectivity index (χ1v) is 13.4. The molecule has 0 bridgehead atoms. The molecule has 1 saturated heterocycles. The van der Waals surface area contributed by atoms with Gasteiger partial charge in [0.05, 0.1) is 19.3 Å². The fraction of sp³-hybridized carbons (Fsp3) is 0.517. The number of aliphatic hydroxyl groups excluding tert-OH is 2. The van der Waals surface area contributed by atoms with E-state index in [9.17, 15) is 19.8 Å². The van der Waals surface area contributed by atoms with Crippen LogP contribution >= 0.6 is 0 Å². The predicted octanol–water partition coefficient (Wildman–Crippen LogP) is 2.88. The minimum atomic E-state index is -0.949. The van der Waals surface area contributed by atoms with Crippen molar-refractivity contribution in [3.8, 4) is 17.2 Å². The molecular weight excluding hydrogens is 488 g/mol. The first-order chi connectivity index (χ1) is 18.4. The molecule has 9 nitrogen and oxygen atoms in total. The van der Waals surface area contributed by atoms with Crippen molar-refractivity contribution in [2.45, 2.75) is 56.8 Å². The van der Waals surface area contributed by atoms with Crippen LogP contribution in [0.15, 0.2) is 42.5 Å². The van der Waals surface area contributed by atoms with Gasteiger partial charge >= 0.3 is 0 Å². The molecular formula is C29H38N2O7. The van der Waals surface area contributed by atoms with Crippen molar-refractivity contribution in [3.63, 3.8) is 0 Å². The number of carbonyl (C=O) groups is 2. The first-order valence-electron chi connectivity index (χ1n) is 13.4. The summed E-state index contributed by atoms with van der Waals surface area (Å²) in [5, 5.41) is 24.2. The number of carbonyl (C=O) groups excluding carboxylic acids is 2. The minimum Gasteiger partial charge on any atom is -0.497 e. The molecule has 1 amide bonds. The van der Waals surface area contributed by atoms with Crippen LogP contribution in [0.1, 0.15) is 60.6 Å². The Hall–Kier alpha value is -3.14. The highest BCUT2D eigenvalue weighted by Crippen LogP contribution is 2.33. The van der Waals surface area contributed by atoms with E-state index in [0.717, 1.165) is 6.42 Å². The van der Waals surface area contributed by atoms with E-state index in [0.29, 0.717) is 93.3 Å². The lowest BCUT2D eigenvalue weighted by Gasteiger charge is -2.29. The van der Waals surface area contributed by atoms with Crippen LogP contribution < -0.4 is 19.5 Å². The second-order valence-corrected chi connectivity index (χ2v) is 9.94. The van der Waals surface area contributed by atoms with E-state index in [1.165, 1.54) is 0 Å². The highest BCUT2D eigenvalue weighted by atomic mass is 16.6. The van der Waals surface area contributed by atoms with E-state index in [4.69, 9.17) is 14.2 Å². The maximum absolute atomic E-state index is 12.8. The number of hydrogen-bond donors (Lipinski definition) is 3. The Kier molecular flexibility index (Phi) is 9.98. The number of hydrogen-bond acceptors (Lipinski definition) is 8. The number of ketones is 1. The Labute approximate surface area is 223 Å². The maximum Gasteiger partial charge on any atom is 0.220 e. The molecule has 0 unspecified atom stereocenters. The third-order valence-electron chi connectivity index (χ3n) is 7.06. The van der Waals surface area contributed by atoms with Crippen LogP contribution in [0.25, 0.3) is 0 Å². The Balaban J connectivity index is 1.27. The number of β-amino-alcohol motifs (C(OH)–C–C–N with tert-alkyl or cyclic N) is 1. The number of likely N-dealkylation sites (tertiary alicyclic amines) is 1. The van der Waals surface area contributed by atoms with Gasteiger partial charge in [0.2, 0.25) is 5.91 Å². The number of nitrogens with zero attached hydrogens (tertiary/aromatic N) is 1. The smallest absolute Gasteiger partial charge is 0.220 e. The summed E-state index contributed by atoms with van der Waals surface area (Å²) >= 11 is 0. The van der Waals surface area contributed by atoms with E-state index in [-0.39, 0.29) is 11.7 Å². The zero-order valence-corrected chi connectivity index (χ0v) is 21.9. The van der Waals surface area contributed by atoms with Crippen LogP contribution in [0.4, 0.5) is 0 Å². The van der Waals surface area contributed by atoms with Gasteiger partial charge < -0.3 is 29.7 Å². The molecule has 2 aromatic rings. The third kappa shape index (κ3) is 7.69. The van der Waals surface area contributed by atoms with Crippen LogP contribution in [-0.2, 0) is 4.79 Å². The minimum absolute atomic E-state index is 0.0764. The Morgan fingerprint density at radius 3 is 2.50 bits per heavy atom. The number of benzene rings is 2. The SMILES string of the molecule is COc1ccc(C(=O)CCCCCC(=O)N[C@H](CN2CC[C@@H](O)C2)[C@@H](O)c2ccc3c(c2)OCCO3)cc1. The number of amides is 1. The molecule has 206 valence electrons. The second-order valence-electron chi connectivity index (χ2n) is 9.94. The van der Waals surface area contributed by atoms with Gasteiger partial charge in [-0.2, -0.15) is 0 Å². The van der Waals surface area contributed by atoms with Crippen LogP contribution in [-0.4, -0.2) is 78.9 Å². The summed E-state index contributed by atoms with van der Waals surface area (Å²) in [4.78, 5) is 27.3. The number of methoxy groups -OCH3 is 1. The number of Topliss-reactive ketones (excluding diaryl/α,β-unsaturated/α-hetero) is 1. The fourth-order valence-corrected chi connectivity index (χ4v) is 4.90. The zero-order chi connectivity index (χ0) is 26.9. The van der Waals surface area contributed by atoms with Gasteiger partial charge in [-0.05, 0) is 61.2 Å². The van der Waals surface area contributed by atoms with E-state index >= 15 is 0 Å². The lowest BCUT2D eigenvalue weighted by Crippen LogP contribution is -2.47. The van der Waals surface area contributed by atoms with Gasteiger partial charge in [-0.1, -0.05) is 12.5 Å². The van der Waals surface area contributed by atoms with Gasteiger partial charge in [-0.25, -0.2) is 0 Å². The first kappa shape index (κ1) is 27.9. The molecule has 3 atom stereocenters. The second kappa shape index (κ2) is 13.6. The summed E-state index contributed by atoms with van der Waals surface area (Å²) in [6.07, 6.45) is 2.18. The molecule has 0 aromatic heterocycles. The molecule has 3 N–H and O–H groups in total. The summed E-state index contributed by atoms with van der Waals surface area (Å²) in [6, 6.07) is 11.9. The monoisotopic (exact) mass is 526 g/mol. The third-order valence-corrected chi connectivity index (χ3v) is 7.06. The molecule has 9 heteroatoms. The molecule has 4 rings (SSSR count). The van der Waals surface area contributed by atoms with Crippen molar-refractivity contribution in [2.24, 2.45) is 0 Å². The molecule has 2 heterocycles. The maximum atomic E-state index is 12.8. The Bertz CT molecular complexity index is 1080. The summed E-state index contributed by atoms with van der Waals surface area (Å²) < 4.78 is 16.4. The topological polar surface area (TPSA) is 118 Å². The van der Waals surface area contributed by atoms with Crippen LogP contribution in [0, 0.1) is 0 Å². The standard InChI is InChI=1S/C29H38N2O7/c1-36-23-10-7-20(8-11-23)25(33)5-3-2-4-6-28(34)30-24(19-31-14-13-22(32)18-31)29(35)21-9-12-26-27(17-21)38-16-15-37-26/h7-12,17,22,24,29,32,35H,2-6,13-16,18-19H2,1H3,(H,30,34)/t22-,24-,29+/m1/s1. The predicted molar refractivity (Wildman–Crippen MR) is 142 cm³/mol. The number of aliphatic hydroxyl groups is 2. The normalized spacial score (nSPS) is 18.6. The van der Waals surface area contributed by atoms with E-state index in [2.05, 4.69) is 10.2 Å². The highest BCUT2D eigenvalue weighted by Gasteiger charge is 2.29. The molecule has 2 aromatic carbocycles. The quantitative estimate of drug-likeness (QED) is 0.269. The lowest BCUT2D eigenvalue weighted by molar-refractivity contribution is -0.123. The van der Waals surface area contributed by atoms with Crippen LogP contribution in [0.5, 0.6) is 17.2 Å². The van der Waals surface area contributed by atoms with E-state index < -0.39 is 18.2 Å². The molecule has 2 aliphatic heterocycles. The average molecular weight is 527 g/mol. The van der Waals surface area contributed by atoms with Gasteiger partial charge in [0, 0.05) is 38.0 Å². The van der Waals surface area contributed by atoms with Crippen molar-refractivity contribution < 1.29 is 34.0 Å². The van der Waals surface area contributed by atoms with E-state index in [1.807, 2.05) is 0 Å². The number of unbranched alkanes of at least 4 members (excludes halogenated alkanes) is 2. The number of rotatable bonds is 13. The van der Waals surface area contributed by atoms with Gasteiger partial charge in [0.25, 0.3) is 0 Å². The summed E-state index contributed by atoms with van der Waals surface area (Å²) in [5.41, 5.74) is 1.29. The Morgan fingerprint density at radius 2 is 1.79 bits per heavy atom. The number of ether oxygens (including phenoxy) is 3. The van der Waals surface area contributed by atoms with E-state index in [1.54, 1.807) is 49.6 Å². The van der Waals surface area contributed by atoms with Crippen molar-refractivity contribution in [1.29, 1.82) is 0 Å². The summed E-state index contributed by atoms with van der Waals surface area (Å²) in [6.45, 7) is 2.59. The number of nitrogens with one attached hydrogen (secondary N) is 1. The van der Waals surface area contributed by atoms with Crippen molar-refractivity contribution in [3.05, 3.63) is 53.6 Å². The zero-order valence-electron chi connectivity index (χ0n) is 21.9. The van der Waals surface area contributed by atoms with Crippen molar-refractivity contribution >= 4 is 11.7 Å². The molecule has 0 aliphatic carbocycles. The van der Waals surface area contributed by atoms with Gasteiger partial charge in [0.1, 0.15) is 25.1 Å². The molecule has 0 saturated carbocycles. The largest absolute Gasteiger partial charge is 0.497 e. The van der Waals surface area contributed by atoms with Crippen LogP contribution in [0.2, 0.25) is 0 Å². The van der Waals surface area contributed by atoms with Gasteiger partial charge in [-0.15, -0.1) is 0 Å². The van der Waals surface area contributed by atoms with Crippen LogP contribution in [0.3, 0.4) is 0 Å². The average Bonchev–Trinajstić information content (AvgIpc) is 3.36. The molecule has 0 radical (unpaired) electrons.